The summed E-state index contributed by atoms with van der Waals surface area (Å²) in [5, 5.41) is 0. The number of halogens is 4. The van der Waals surface area contributed by atoms with Crippen molar-refractivity contribution in [1.29, 1.82) is 0 Å². The fraction of sp³-hybridized carbons (Fsp3) is 0.636. The maximum absolute atomic E-state index is 12.5. The fourth-order valence-corrected chi connectivity index (χ4v) is 3.60. The van der Waals surface area contributed by atoms with Crippen molar-refractivity contribution in [3.63, 3.8) is 0 Å². The van der Waals surface area contributed by atoms with E-state index in [2.05, 4.69) is 20.8 Å². The number of hydrogen-bond donors (Lipinski definition) is 0. The van der Waals surface area contributed by atoms with Gasteiger partial charge in [-0.3, -0.25) is 4.90 Å². The molecule has 0 unspecified atom stereocenters. The molecule has 0 amide bonds. The number of rotatable bonds is 2. The van der Waals surface area contributed by atoms with Crippen LogP contribution in [0.25, 0.3) is 0 Å². The maximum atomic E-state index is 12.5. The van der Waals surface area contributed by atoms with Crippen molar-refractivity contribution in [2.75, 3.05) is 13.1 Å². The number of thiophene rings is 1. The lowest BCUT2D eigenvalue weighted by Crippen LogP contribution is -2.38. The van der Waals surface area contributed by atoms with Crippen LogP contribution in [-0.4, -0.2) is 24.2 Å². The van der Waals surface area contributed by atoms with Crippen molar-refractivity contribution in [2.24, 2.45) is 5.92 Å². The van der Waals surface area contributed by atoms with Gasteiger partial charge in [-0.25, -0.2) is 0 Å². The van der Waals surface area contributed by atoms with Crippen LogP contribution >= 0.6 is 27.3 Å². The molecule has 0 aliphatic carbocycles. The lowest BCUT2D eigenvalue weighted by Gasteiger charge is -2.32. The van der Waals surface area contributed by atoms with Crippen molar-refractivity contribution in [2.45, 2.75) is 25.6 Å². The molecule has 1 nitrogen and oxygen atoms in total. The Morgan fingerprint density at radius 2 is 1.94 bits per heavy atom. The van der Waals surface area contributed by atoms with Crippen LogP contribution in [0.3, 0.4) is 0 Å². The normalized spacial score (nSPS) is 19.8. The summed E-state index contributed by atoms with van der Waals surface area (Å²) < 4.78 is 38.5. The Morgan fingerprint density at radius 3 is 2.41 bits per heavy atom. The molecule has 1 aromatic rings. The minimum Gasteiger partial charge on any atom is -0.298 e. The second-order valence-corrected chi connectivity index (χ2v) is 6.85. The Morgan fingerprint density at radius 1 is 1.29 bits per heavy atom. The minimum atomic E-state index is -4.02. The highest BCUT2D eigenvalue weighted by Gasteiger charge is 2.40. The van der Waals surface area contributed by atoms with E-state index in [9.17, 15) is 13.2 Å². The van der Waals surface area contributed by atoms with Crippen molar-refractivity contribution in [3.8, 4) is 0 Å². The molecule has 0 bridgehead atoms. The molecule has 17 heavy (non-hydrogen) atoms. The van der Waals surface area contributed by atoms with E-state index >= 15 is 0 Å². The van der Waals surface area contributed by atoms with Gasteiger partial charge in [0.05, 0.1) is 9.70 Å². The summed E-state index contributed by atoms with van der Waals surface area (Å²) >= 11 is 5.02. The Bertz CT molecular complexity index is 369. The van der Waals surface area contributed by atoms with Crippen molar-refractivity contribution < 1.29 is 13.2 Å². The number of piperidine rings is 1. The monoisotopic (exact) mass is 327 g/mol. The predicted molar refractivity (Wildman–Crippen MR) is 66.1 cm³/mol. The quantitative estimate of drug-likeness (QED) is 0.783. The van der Waals surface area contributed by atoms with E-state index in [1.54, 1.807) is 11.3 Å². The van der Waals surface area contributed by atoms with Gasteiger partial charge in [0.15, 0.2) is 0 Å². The zero-order valence-electron chi connectivity index (χ0n) is 9.13. The van der Waals surface area contributed by atoms with Crippen molar-refractivity contribution >= 4 is 27.3 Å². The van der Waals surface area contributed by atoms with E-state index in [1.807, 2.05) is 12.1 Å². The second-order valence-electron chi connectivity index (χ2n) is 4.30. The Labute approximate surface area is 111 Å². The summed E-state index contributed by atoms with van der Waals surface area (Å²) in [7, 11) is 0. The Balaban J connectivity index is 1.83. The SMILES string of the molecule is FC(F)(F)C1CCN(Cc2ccc(Br)s2)CC1. The van der Waals surface area contributed by atoms with Gasteiger partial charge in [0.1, 0.15) is 0 Å². The predicted octanol–water partition coefficient (Wildman–Crippen LogP) is 4.28. The first-order valence-electron chi connectivity index (χ1n) is 5.48. The van der Waals surface area contributed by atoms with Crippen LogP contribution in [0.1, 0.15) is 17.7 Å². The highest BCUT2D eigenvalue weighted by atomic mass is 79.9. The average molecular weight is 328 g/mol. The fourth-order valence-electron chi connectivity index (χ4n) is 2.08. The zero-order valence-corrected chi connectivity index (χ0v) is 11.5. The molecule has 0 aromatic carbocycles. The summed E-state index contributed by atoms with van der Waals surface area (Å²) in [4.78, 5) is 3.29. The Kier molecular flexibility index (Phi) is 4.15. The number of hydrogen-bond acceptors (Lipinski definition) is 2. The molecule has 0 spiro atoms. The van der Waals surface area contributed by atoms with E-state index in [1.165, 1.54) is 4.88 Å². The summed E-state index contributed by atoms with van der Waals surface area (Å²) in [6, 6.07) is 3.99. The van der Waals surface area contributed by atoms with Crippen LogP contribution in [0.5, 0.6) is 0 Å². The molecule has 0 saturated carbocycles. The van der Waals surface area contributed by atoms with Crippen molar-refractivity contribution in [3.05, 3.63) is 20.8 Å². The van der Waals surface area contributed by atoms with Crippen LogP contribution in [0, 0.1) is 5.92 Å². The van der Waals surface area contributed by atoms with Gasteiger partial charge in [0.25, 0.3) is 0 Å². The smallest absolute Gasteiger partial charge is 0.298 e. The minimum absolute atomic E-state index is 0.232. The van der Waals surface area contributed by atoms with Crippen LogP contribution < -0.4 is 0 Å². The van der Waals surface area contributed by atoms with E-state index in [0.29, 0.717) is 13.1 Å². The van der Waals surface area contributed by atoms with Gasteiger partial charge in [-0.15, -0.1) is 11.3 Å². The average Bonchev–Trinajstić information content (AvgIpc) is 2.63. The van der Waals surface area contributed by atoms with E-state index in [4.69, 9.17) is 0 Å². The molecule has 1 saturated heterocycles. The molecule has 1 aliphatic heterocycles. The summed E-state index contributed by atoms with van der Waals surface area (Å²) in [6.07, 6.45) is -3.55. The standard InChI is InChI=1S/C11H13BrF3NS/c12-10-2-1-9(17-10)7-16-5-3-8(4-6-16)11(13,14)15/h1-2,8H,3-7H2. The lowest BCUT2D eigenvalue weighted by atomic mass is 9.96. The van der Waals surface area contributed by atoms with Gasteiger partial charge in [-0.05, 0) is 54.0 Å². The van der Waals surface area contributed by atoms with Gasteiger partial charge < -0.3 is 0 Å². The molecule has 6 heteroatoms. The highest BCUT2D eigenvalue weighted by molar-refractivity contribution is 9.11. The first kappa shape index (κ1) is 13.4. The number of likely N-dealkylation sites (tertiary alicyclic amines) is 1. The van der Waals surface area contributed by atoms with Crippen LogP contribution in [-0.2, 0) is 6.54 Å². The topological polar surface area (TPSA) is 3.24 Å². The molecule has 0 radical (unpaired) electrons. The van der Waals surface area contributed by atoms with Gasteiger partial charge in [0.2, 0.25) is 0 Å². The molecular weight excluding hydrogens is 315 g/mol. The van der Waals surface area contributed by atoms with Gasteiger partial charge >= 0.3 is 6.18 Å². The third-order valence-electron chi connectivity index (χ3n) is 3.06. The Hall–Kier alpha value is -0.0700. The molecule has 96 valence electrons. The lowest BCUT2D eigenvalue weighted by molar-refractivity contribution is -0.185. The van der Waals surface area contributed by atoms with Gasteiger partial charge in [-0.1, -0.05) is 0 Å². The molecule has 2 heterocycles. The molecule has 0 N–H and O–H groups in total. The molecule has 1 aromatic heterocycles. The third kappa shape index (κ3) is 3.69. The maximum Gasteiger partial charge on any atom is 0.391 e. The van der Waals surface area contributed by atoms with Crippen molar-refractivity contribution in [1.82, 2.24) is 4.90 Å². The van der Waals surface area contributed by atoms with E-state index < -0.39 is 12.1 Å². The zero-order chi connectivity index (χ0) is 12.5. The molecular formula is C11H13BrF3NS. The first-order valence-corrected chi connectivity index (χ1v) is 7.09. The number of alkyl halides is 3. The highest BCUT2D eigenvalue weighted by Crippen LogP contribution is 2.34. The molecule has 2 rings (SSSR count). The van der Waals surface area contributed by atoms with Gasteiger partial charge in [0, 0.05) is 11.4 Å². The van der Waals surface area contributed by atoms with Crippen LogP contribution in [0.2, 0.25) is 0 Å². The summed E-state index contributed by atoms with van der Waals surface area (Å²) in [6.45, 7) is 1.85. The third-order valence-corrected chi connectivity index (χ3v) is 4.67. The molecule has 1 fully saturated rings. The summed E-state index contributed by atoms with van der Waals surface area (Å²) in [5.41, 5.74) is 0. The van der Waals surface area contributed by atoms with E-state index in [0.717, 1.165) is 10.3 Å². The van der Waals surface area contributed by atoms with Crippen LogP contribution in [0.4, 0.5) is 13.2 Å². The van der Waals surface area contributed by atoms with Crippen LogP contribution in [0.15, 0.2) is 15.9 Å². The molecule has 0 atom stereocenters. The molecule has 1 aliphatic rings. The second kappa shape index (κ2) is 5.28. The number of nitrogens with zero attached hydrogens (tertiary/aromatic N) is 1. The van der Waals surface area contributed by atoms with Gasteiger partial charge in [-0.2, -0.15) is 13.2 Å². The largest absolute Gasteiger partial charge is 0.391 e. The first-order chi connectivity index (χ1) is 7.95. The summed E-state index contributed by atoms with van der Waals surface area (Å²) in [5.74, 6) is -1.10. The van der Waals surface area contributed by atoms with E-state index in [-0.39, 0.29) is 12.8 Å².